The van der Waals surface area contributed by atoms with E-state index in [1.807, 2.05) is 31.2 Å². The number of carbonyl (C=O) groups is 2. The standard InChI is InChI=1S/C16H24N2O4.ClH/c1-4-22-11-14-8-6-5-7-13(14)9-17-15(19)10-18(3)12(2)16(20)21;/h5-8,12H,4,9-11H2,1-3H3,(H,17,19)(H,20,21);1H. The van der Waals surface area contributed by atoms with Crippen molar-refractivity contribution in [1.29, 1.82) is 0 Å². The SMILES string of the molecule is CCOCc1ccccc1CNC(=O)CN(C)C(C)C(=O)O.Cl. The van der Waals surface area contributed by atoms with E-state index in [0.717, 1.165) is 11.1 Å². The van der Waals surface area contributed by atoms with Crippen LogP contribution in [0.2, 0.25) is 0 Å². The first-order chi connectivity index (χ1) is 10.5. The number of carboxylic acid groups (broad SMARTS) is 1. The lowest BCUT2D eigenvalue weighted by Crippen LogP contribution is -2.42. The number of amides is 1. The van der Waals surface area contributed by atoms with Crippen molar-refractivity contribution in [3.8, 4) is 0 Å². The number of ether oxygens (including phenoxy) is 1. The first kappa shape index (κ1) is 21.4. The Morgan fingerprint density at radius 2 is 1.91 bits per heavy atom. The summed E-state index contributed by atoms with van der Waals surface area (Å²) in [5, 5.41) is 11.7. The maximum absolute atomic E-state index is 11.9. The van der Waals surface area contributed by atoms with E-state index < -0.39 is 12.0 Å². The smallest absolute Gasteiger partial charge is 0.320 e. The number of benzene rings is 1. The van der Waals surface area contributed by atoms with Gasteiger partial charge in [-0.3, -0.25) is 14.5 Å². The number of carboxylic acids is 1. The summed E-state index contributed by atoms with van der Waals surface area (Å²) < 4.78 is 5.40. The highest BCUT2D eigenvalue weighted by molar-refractivity contribution is 5.85. The van der Waals surface area contributed by atoms with Crippen molar-refractivity contribution in [1.82, 2.24) is 10.2 Å². The van der Waals surface area contributed by atoms with Crippen molar-refractivity contribution in [2.45, 2.75) is 33.0 Å². The summed E-state index contributed by atoms with van der Waals surface area (Å²) >= 11 is 0. The predicted molar refractivity (Wildman–Crippen MR) is 90.6 cm³/mol. The molecule has 1 atom stereocenters. The fraction of sp³-hybridized carbons (Fsp3) is 0.500. The van der Waals surface area contributed by atoms with Crippen molar-refractivity contribution < 1.29 is 19.4 Å². The zero-order valence-corrected chi connectivity index (χ0v) is 14.6. The normalized spacial score (nSPS) is 11.7. The molecule has 1 aromatic carbocycles. The van der Waals surface area contributed by atoms with Crippen molar-refractivity contribution in [3.63, 3.8) is 0 Å². The van der Waals surface area contributed by atoms with Crippen molar-refractivity contribution >= 4 is 24.3 Å². The zero-order chi connectivity index (χ0) is 16.5. The van der Waals surface area contributed by atoms with Gasteiger partial charge in [0.1, 0.15) is 6.04 Å². The zero-order valence-electron chi connectivity index (χ0n) is 13.7. The highest BCUT2D eigenvalue weighted by Crippen LogP contribution is 2.10. The molecule has 7 heteroatoms. The van der Waals surface area contributed by atoms with Gasteiger partial charge in [0.15, 0.2) is 0 Å². The molecule has 1 rings (SSSR count). The second-order valence-corrected chi connectivity index (χ2v) is 5.11. The van der Waals surface area contributed by atoms with Crippen LogP contribution >= 0.6 is 12.4 Å². The van der Waals surface area contributed by atoms with Gasteiger partial charge in [0, 0.05) is 13.2 Å². The van der Waals surface area contributed by atoms with E-state index in [-0.39, 0.29) is 24.9 Å². The van der Waals surface area contributed by atoms with Crippen molar-refractivity contribution in [3.05, 3.63) is 35.4 Å². The highest BCUT2D eigenvalue weighted by Gasteiger charge is 2.18. The molecule has 1 unspecified atom stereocenters. The van der Waals surface area contributed by atoms with Crippen LogP contribution in [0.5, 0.6) is 0 Å². The van der Waals surface area contributed by atoms with E-state index >= 15 is 0 Å². The van der Waals surface area contributed by atoms with Gasteiger partial charge in [-0.15, -0.1) is 12.4 Å². The number of nitrogens with zero attached hydrogens (tertiary/aromatic N) is 1. The number of rotatable bonds is 9. The van der Waals surface area contributed by atoms with Crippen LogP contribution in [0.3, 0.4) is 0 Å². The third kappa shape index (κ3) is 7.45. The third-order valence-electron chi connectivity index (χ3n) is 3.47. The molecule has 1 aromatic rings. The Labute approximate surface area is 143 Å². The van der Waals surface area contributed by atoms with Gasteiger partial charge in [0.05, 0.1) is 13.2 Å². The number of hydrogen-bond acceptors (Lipinski definition) is 4. The van der Waals surface area contributed by atoms with Crippen LogP contribution in [0.25, 0.3) is 0 Å². The molecule has 0 spiro atoms. The Hall–Kier alpha value is -1.63. The van der Waals surface area contributed by atoms with Gasteiger partial charge >= 0.3 is 5.97 Å². The van der Waals surface area contributed by atoms with Gasteiger partial charge in [-0.2, -0.15) is 0 Å². The summed E-state index contributed by atoms with van der Waals surface area (Å²) in [5.41, 5.74) is 2.04. The Balaban J connectivity index is 0.00000484. The average molecular weight is 345 g/mol. The predicted octanol–water partition coefficient (Wildman–Crippen LogP) is 1.67. The lowest BCUT2D eigenvalue weighted by atomic mass is 10.1. The maximum Gasteiger partial charge on any atom is 0.320 e. The van der Waals surface area contributed by atoms with Gasteiger partial charge < -0.3 is 15.2 Å². The summed E-state index contributed by atoms with van der Waals surface area (Å²) in [6.45, 7) is 5.08. The number of likely N-dealkylation sites (N-methyl/N-ethyl adjacent to an activating group) is 1. The third-order valence-corrected chi connectivity index (χ3v) is 3.47. The molecule has 0 fully saturated rings. The largest absolute Gasteiger partial charge is 0.480 e. The van der Waals surface area contributed by atoms with E-state index in [1.165, 1.54) is 4.90 Å². The fourth-order valence-corrected chi connectivity index (χ4v) is 1.88. The summed E-state index contributed by atoms with van der Waals surface area (Å²) in [6, 6.07) is 7.06. The summed E-state index contributed by atoms with van der Waals surface area (Å²) in [5.74, 6) is -1.15. The second kappa shape index (κ2) is 11.0. The Bertz CT molecular complexity index is 511. The number of hydrogen-bond donors (Lipinski definition) is 2. The van der Waals surface area contributed by atoms with E-state index in [4.69, 9.17) is 9.84 Å². The van der Waals surface area contributed by atoms with Crippen LogP contribution < -0.4 is 5.32 Å². The van der Waals surface area contributed by atoms with Gasteiger partial charge in [-0.05, 0) is 32.0 Å². The van der Waals surface area contributed by atoms with Gasteiger partial charge in [-0.25, -0.2) is 0 Å². The minimum atomic E-state index is -0.947. The monoisotopic (exact) mass is 344 g/mol. The molecule has 130 valence electrons. The highest BCUT2D eigenvalue weighted by atomic mass is 35.5. The molecule has 1 amide bonds. The van der Waals surface area contributed by atoms with Crippen LogP contribution in [0, 0.1) is 0 Å². The van der Waals surface area contributed by atoms with Gasteiger partial charge in [0.25, 0.3) is 0 Å². The van der Waals surface area contributed by atoms with E-state index in [0.29, 0.717) is 19.8 Å². The van der Waals surface area contributed by atoms with Crippen molar-refractivity contribution in [2.75, 3.05) is 20.2 Å². The first-order valence-electron chi connectivity index (χ1n) is 7.30. The lowest BCUT2D eigenvalue weighted by Gasteiger charge is -2.20. The van der Waals surface area contributed by atoms with E-state index in [1.54, 1.807) is 14.0 Å². The quantitative estimate of drug-likeness (QED) is 0.712. The number of nitrogens with one attached hydrogen (secondary N) is 1. The Kier molecular flexibility index (Phi) is 10.2. The summed E-state index contributed by atoms with van der Waals surface area (Å²) in [6.07, 6.45) is 0. The minimum Gasteiger partial charge on any atom is -0.480 e. The number of halogens is 1. The van der Waals surface area contributed by atoms with Crippen LogP contribution in [0.1, 0.15) is 25.0 Å². The van der Waals surface area contributed by atoms with Crippen LogP contribution in [0.4, 0.5) is 0 Å². The topological polar surface area (TPSA) is 78.9 Å². The Morgan fingerprint density at radius 3 is 2.48 bits per heavy atom. The average Bonchev–Trinajstić information content (AvgIpc) is 2.50. The molecule has 2 N–H and O–H groups in total. The molecule has 23 heavy (non-hydrogen) atoms. The summed E-state index contributed by atoms with van der Waals surface area (Å²) in [4.78, 5) is 24.3. The molecule has 0 bridgehead atoms. The molecule has 0 heterocycles. The van der Waals surface area contributed by atoms with E-state index in [2.05, 4.69) is 5.32 Å². The second-order valence-electron chi connectivity index (χ2n) is 5.11. The van der Waals surface area contributed by atoms with Crippen molar-refractivity contribution in [2.24, 2.45) is 0 Å². The molecule has 6 nitrogen and oxygen atoms in total. The molecular formula is C16H25ClN2O4. The molecule has 0 aromatic heterocycles. The van der Waals surface area contributed by atoms with Crippen LogP contribution in [-0.4, -0.2) is 48.1 Å². The summed E-state index contributed by atoms with van der Waals surface area (Å²) in [7, 11) is 1.61. The van der Waals surface area contributed by atoms with Crippen LogP contribution in [0.15, 0.2) is 24.3 Å². The number of aliphatic carboxylic acids is 1. The fourth-order valence-electron chi connectivity index (χ4n) is 1.88. The first-order valence-corrected chi connectivity index (χ1v) is 7.30. The van der Waals surface area contributed by atoms with Gasteiger partial charge in [-0.1, -0.05) is 24.3 Å². The molecule has 0 radical (unpaired) electrons. The lowest BCUT2D eigenvalue weighted by molar-refractivity contribution is -0.142. The maximum atomic E-state index is 11.9. The minimum absolute atomic E-state index is 0. The van der Waals surface area contributed by atoms with Gasteiger partial charge in [0.2, 0.25) is 5.91 Å². The molecular weight excluding hydrogens is 320 g/mol. The van der Waals surface area contributed by atoms with E-state index in [9.17, 15) is 9.59 Å². The molecule has 0 aliphatic carbocycles. The molecule has 0 saturated heterocycles. The Morgan fingerprint density at radius 1 is 1.30 bits per heavy atom. The molecule has 0 aliphatic heterocycles. The number of carbonyl (C=O) groups excluding carboxylic acids is 1. The molecule has 0 aliphatic rings. The molecule has 0 saturated carbocycles. The van der Waals surface area contributed by atoms with Crippen LogP contribution in [-0.2, 0) is 27.5 Å².